The number of ether oxygens (including phenoxy) is 1. The van der Waals surface area contributed by atoms with Gasteiger partial charge in [-0.1, -0.05) is 18.7 Å². The summed E-state index contributed by atoms with van der Waals surface area (Å²) in [4.78, 5) is 14.8. The molecule has 0 spiro atoms. The lowest BCUT2D eigenvalue weighted by atomic mass is 10.2. The van der Waals surface area contributed by atoms with Gasteiger partial charge in [0.05, 0.1) is 5.69 Å². The molecule has 6 heteroatoms. The fourth-order valence-electron chi connectivity index (χ4n) is 1.67. The van der Waals surface area contributed by atoms with Gasteiger partial charge in [-0.15, -0.1) is 4.91 Å². The van der Waals surface area contributed by atoms with E-state index in [2.05, 4.69) is 22.2 Å². The molecule has 0 unspecified atom stereocenters. The molecule has 3 N–H and O–H groups in total. The van der Waals surface area contributed by atoms with Crippen LogP contribution in [0.25, 0.3) is 5.57 Å². The Morgan fingerprint density at radius 1 is 1.35 bits per heavy atom. The van der Waals surface area contributed by atoms with E-state index >= 15 is 0 Å². The number of anilines is 1. The Morgan fingerprint density at radius 2 is 2.20 bits per heavy atom. The molecule has 0 aliphatic heterocycles. The molecule has 0 bridgehead atoms. The summed E-state index contributed by atoms with van der Waals surface area (Å²) >= 11 is 0. The highest BCUT2D eigenvalue weighted by atomic mass is 16.5. The number of nitrogen functional groups attached to an aromatic ring is 1. The molecule has 1 aromatic heterocycles. The molecule has 0 aliphatic rings. The Balaban J connectivity index is 2.12. The number of para-hydroxylation sites is 1. The number of pyridine rings is 1. The third kappa shape index (κ3) is 2.99. The molecule has 102 valence electrons. The molecule has 2 rings (SSSR count). The number of hydrazine groups is 1. The first-order chi connectivity index (χ1) is 9.76. The van der Waals surface area contributed by atoms with E-state index in [1.165, 1.54) is 0 Å². The Morgan fingerprint density at radius 3 is 2.85 bits per heavy atom. The van der Waals surface area contributed by atoms with Gasteiger partial charge >= 0.3 is 0 Å². The summed E-state index contributed by atoms with van der Waals surface area (Å²) in [7, 11) is 0. The second-order valence-corrected chi connectivity index (χ2v) is 3.99. The lowest BCUT2D eigenvalue weighted by molar-refractivity contribution is 0.371. The third-order valence-corrected chi connectivity index (χ3v) is 2.68. The van der Waals surface area contributed by atoms with E-state index in [0.717, 1.165) is 11.3 Å². The molecular weight excluding hydrogens is 256 g/mol. The zero-order chi connectivity index (χ0) is 14.4. The average Bonchev–Trinajstić information content (AvgIpc) is 2.52. The molecule has 0 saturated carbocycles. The van der Waals surface area contributed by atoms with Crippen LogP contribution in [0.2, 0.25) is 0 Å². The molecule has 20 heavy (non-hydrogen) atoms. The van der Waals surface area contributed by atoms with Crippen molar-refractivity contribution in [2.75, 3.05) is 12.0 Å². The Kier molecular flexibility index (Phi) is 4.41. The van der Waals surface area contributed by atoms with Gasteiger partial charge in [-0.3, -0.25) is 10.8 Å². The Hall–Kier alpha value is -2.73. The van der Waals surface area contributed by atoms with Crippen LogP contribution in [-0.4, -0.2) is 11.6 Å². The first-order valence-electron chi connectivity index (χ1n) is 5.91. The van der Waals surface area contributed by atoms with Crippen LogP contribution < -0.4 is 16.0 Å². The number of aromatic nitrogens is 1. The highest BCUT2D eigenvalue weighted by Gasteiger charge is 2.10. The van der Waals surface area contributed by atoms with Crippen molar-refractivity contribution in [3.8, 4) is 5.75 Å². The minimum atomic E-state index is 0.188. The topological polar surface area (TPSA) is 89.6 Å². The molecule has 0 aliphatic carbocycles. The van der Waals surface area contributed by atoms with E-state index in [1.807, 2.05) is 18.2 Å². The normalized spacial score (nSPS) is 9.85. The van der Waals surface area contributed by atoms with Crippen LogP contribution in [0.15, 0.2) is 54.4 Å². The number of nitrogens with one attached hydrogen (secondary N) is 1. The van der Waals surface area contributed by atoms with Gasteiger partial charge in [-0.2, -0.15) is 0 Å². The molecule has 0 atom stereocenters. The van der Waals surface area contributed by atoms with Gasteiger partial charge in [-0.25, -0.2) is 0 Å². The van der Waals surface area contributed by atoms with Crippen molar-refractivity contribution in [2.45, 2.75) is 0 Å². The summed E-state index contributed by atoms with van der Waals surface area (Å²) in [6, 6.07) is 10.4. The van der Waals surface area contributed by atoms with E-state index in [-0.39, 0.29) is 12.3 Å². The van der Waals surface area contributed by atoms with Gasteiger partial charge in [0, 0.05) is 11.8 Å². The van der Waals surface area contributed by atoms with Gasteiger partial charge in [-0.05, 0) is 29.4 Å². The Labute approximate surface area is 116 Å². The fraction of sp³-hybridized carbons (Fsp3) is 0.0714. The number of nitrogens with zero attached hydrogens (tertiary/aromatic N) is 2. The summed E-state index contributed by atoms with van der Waals surface area (Å²) < 4.78 is 5.61. The molecule has 1 aromatic carbocycles. The maximum absolute atomic E-state index is 10.7. The minimum absolute atomic E-state index is 0.188. The smallest absolute Gasteiger partial charge is 0.146 e. The average molecular weight is 270 g/mol. The number of nitroso groups, excluding NO2 is 1. The monoisotopic (exact) mass is 270 g/mol. The van der Waals surface area contributed by atoms with Crippen molar-refractivity contribution in [3.63, 3.8) is 0 Å². The zero-order valence-corrected chi connectivity index (χ0v) is 10.7. The SMILES string of the molecule is C=C(COc1cccc(N=O)c1NN)c1ccccn1. The second kappa shape index (κ2) is 6.44. The van der Waals surface area contributed by atoms with Crippen LogP contribution in [-0.2, 0) is 0 Å². The predicted molar refractivity (Wildman–Crippen MR) is 78.5 cm³/mol. The number of nitrogens with two attached hydrogens (primary N) is 1. The van der Waals surface area contributed by atoms with Crippen LogP contribution in [0.4, 0.5) is 11.4 Å². The number of hydrogen-bond donors (Lipinski definition) is 2. The summed E-state index contributed by atoms with van der Waals surface area (Å²) in [6.07, 6.45) is 1.68. The van der Waals surface area contributed by atoms with Crippen LogP contribution >= 0.6 is 0 Å². The highest BCUT2D eigenvalue weighted by Crippen LogP contribution is 2.34. The van der Waals surface area contributed by atoms with Gasteiger partial charge in [0.2, 0.25) is 0 Å². The molecule has 0 radical (unpaired) electrons. The lowest BCUT2D eigenvalue weighted by Crippen LogP contribution is -2.10. The van der Waals surface area contributed by atoms with E-state index in [1.54, 1.807) is 24.4 Å². The van der Waals surface area contributed by atoms with Crippen molar-refractivity contribution in [1.29, 1.82) is 0 Å². The van der Waals surface area contributed by atoms with Gasteiger partial charge in [0.25, 0.3) is 0 Å². The molecule has 0 amide bonds. The Bertz CT molecular complexity index is 614. The largest absolute Gasteiger partial charge is 0.487 e. The molecule has 0 fully saturated rings. The van der Waals surface area contributed by atoms with Gasteiger partial charge in [0.15, 0.2) is 0 Å². The van der Waals surface area contributed by atoms with Crippen molar-refractivity contribution in [3.05, 3.63) is 59.8 Å². The quantitative estimate of drug-likeness (QED) is 0.478. The standard InChI is InChI=1S/C14H14N4O2/c1-10(11-5-2-3-8-16-11)9-20-13-7-4-6-12(18-19)14(13)17-15/h2-8,17H,1,9,15H2. The molecule has 1 heterocycles. The van der Waals surface area contributed by atoms with Crippen molar-refractivity contribution >= 4 is 16.9 Å². The van der Waals surface area contributed by atoms with Gasteiger partial charge in [0.1, 0.15) is 23.7 Å². The van der Waals surface area contributed by atoms with Crippen molar-refractivity contribution < 1.29 is 4.74 Å². The van der Waals surface area contributed by atoms with E-state index in [9.17, 15) is 4.91 Å². The first-order valence-corrected chi connectivity index (χ1v) is 5.91. The number of hydrogen-bond acceptors (Lipinski definition) is 6. The van der Waals surface area contributed by atoms with Crippen molar-refractivity contribution in [2.24, 2.45) is 11.0 Å². The van der Waals surface area contributed by atoms with Crippen LogP contribution in [0.3, 0.4) is 0 Å². The van der Waals surface area contributed by atoms with Gasteiger partial charge < -0.3 is 10.2 Å². The predicted octanol–water partition coefficient (Wildman–Crippen LogP) is 2.86. The van der Waals surface area contributed by atoms with Crippen LogP contribution in [0, 0.1) is 4.91 Å². The minimum Gasteiger partial charge on any atom is -0.487 e. The summed E-state index contributed by atoms with van der Waals surface area (Å²) in [5, 5.41) is 2.88. The van der Waals surface area contributed by atoms with Crippen LogP contribution in [0.1, 0.15) is 5.69 Å². The molecule has 2 aromatic rings. The zero-order valence-electron chi connectivity index (χ0n) is 10.7. The molecule has 6 nitrogen and oxygen atoms in total. The second-order valence-electron chi connectivity index (χ2n) is 3.99. The van der Waals surface area contributed by atoms with E-state index < -0.39 is 0 Å². The van der Waals surface area contributed by atoms with Crippen LogP contribution in [0.5, 0.6) is 5.75 Å². The summed E-state index contributed by atoms with van der Waals surface area (Å²) in [5.41, 5.74) is 4.42. The van der Waals surface area contributed by atoms with E-state index in [4.69, 9.17) is 10.6 Å². The fourth-order valence-corrected chi connectivity index (χ4v) is 1.67. The highest BCUT2D eigenvalue weighted by molar-refractivity contribution is 5.72. The lowest BCUT2D eigenvalue weighted by Gasteiger charge is -2.12. The summed E-state index contributed by atoms with van der Waals surface area (Å²) in [6.45, 7) is 4.14. The maximum Gasteiger partial charge on any atom is 0.146 e. The maximum atomic E-state index is 10.7. The molecule has 0 saturated heterocycles. The number of rotatable bonds is 6. The summed E-state index contributed by atoms with van der Waals surface area (Å²) in [5.74, 6) is 5.81. The van der Waals surface area contributed by atoms with E-state index in [0.29, 0.717) is 11.4 Å². The molecular formula is C14H14N4O2. The number of benzene rings is 1. The third-order valence-electron chi connectivity index (χ3n) is 2.68. The first kappa shape index (κ1) is 13.7. The van der Waals surface area contributed by atoms with Crippen molar-refractivity contribution in [1.82, 2.24) is 4.98 Å².